The largest absolute Gasteiger partial charge is 0.497 e. The lowest BCUT2D eigenvalue weighted by molar-refractivity contribution is -0.145. The molecule has 0 saturated carbocycles. The van der Waals surface area contributed by atoms with E-state index in [4.69, 9.17) is 23.7 Å². The molecular formula is C21H24N2O7. The lowest BCUT2D eigenvalue weighted by Gasteiger charge is -2.10. The number of methoxy groups -OCH3 is 3. The first-order chi connectivity index (χ1) is 14.5. The average molecular weight is 416 g/mol. The van der Waals surface area contributed by atoms with Gasteiger partial charge in [-0.2, -0.15) is 5.10 Å². The first-order valence-corrected chi connectivity index (χ1v) is 9.03. The molecule has 0 unspecified atom stereocenters. The van der Waals surface area contributed by atoms with E-state index in [2.05, 4.69) is 10.5 Å². The first-order valence-electron chi connectivity index (χ1n) is 9.03. The van der Waals surface area contributed by atoms with Gasteiger partial charge < -0.3 is 23.7 Å². The van der Waals surface area contributed by atoms with Crippen molar-refractivity contribution in [3.8, 4) is 23.0 Å². The number of ether oxygens (including phenoxy) is 5. The van der Waals surface area contributed by atoms with Crippen LogP contribution in [0.25, 0.3) is 0 Å². The van der Waals surface area contributed by atoms with Gasteiger partial charge in [-0.15, -0.1) is 0 Å². The van der Waals surface area contributed by atoms with Gasteiger partial charge in [-0.3, -0.25) is 4.79 Å². The van der Waals surface area contributed by atoms with Crippen molar-refractivity contribution in [2.45, 2.75) is 6.92 Å². The highest BCUT2D eigenvalue weighted by atomic mass is 16.6. The fourth-order valence-corrected chi connectivity index (χ4v) is 2.39. The number of esters is 1. The predicted molar refractivity (Wildman–Crippen MR) is 110 cm³/mol. The molecule has 0 heterocycles. The fourth-order valence-electron chi connectivity index (χ4n) is 2.39. The second-order valence-electron chi connectivity index (χ2n) is 5.80. The molecule has 0 atom stereocenters. The Labute approximate surface area is 174 Å². The normalized spacial score (nSPS) is 10.4. The summed E-state index contributed by atoms with van der Waals surface area (Å²) in [6.07, 6.45) is 1.45. The number of carbonyl (C=O) groups excluding carboxylic acids is 2. The van der Waals surface area contributed by atoms with Gasteiger partial charge in [0.2, 0.25) is 0 Å². The maximum Gasteiger partial charge on any atom is 0.344 e. The molecule has 1 amide bonds. The lowest BCUT2D eigenvalue weighted by atomic mass is 10.2. The Morgan fingerprint density at radius 1 is 0.967 bits per heavy atom. The van der Waals surface area contributed by atoms with Gasteiger partial charge in [-0.1, -0.05) is 0 Å². The highest BCUT2D eigenvalue weighted by Crippen LogP contribution is 2.27. The van der Waals surface area contributed by atoms with E-state index in [0.29, 0.717) is 34.1 Å². The molecule has 0 fully saturated rings. The minimum Gasteiger partial charge on any atom is -0.497 e. The van der Waals surface area contributed by atoms with Crippen LogP contribution in [-0.2, 0) is 9.53 Å². The van der Waals surface area contributed by atoms with E-state index in [0.717, 1.165) is 0 Å². The van der Waals surface area contributed by atoms with Crippen LogP contribution >= 0.6 is 0 Å². The number of amides is 1. The fraction of sp³-hybridized carbons (Fsp3) is 0.286. The Morgan fingerprint density at radius 2 is 1.67 bits per heavy atom. The van der Waals surface area contributed by atoms with E-state index in [1.807, 2.05) is 0 Å². The van der Waals surface area contributed by atoms with Crippen molar-refractivity contribution < 1.29 is 33.3 Å². The summed E-state index contributed by atoms with van der Waals surface area (Å²) >= 11 is 0. The quantitative estimate of drug-likeness (QED) is 0.360. The number of rotatable bonds is 10. The number of hydrogen-bond acceptors (Lipinski definition) is 8. The molecule has 0 radical (unpaired) electrons. The van der Waals surface area contributed by atoms with E-state index in [-0.39, 0.29) is 13.2 Å². The molecule has 0 aliphatic heterocycles. The first kappa shape index (κ1) is 22.5. The molecule has 0 spiro atoms. The van der Waals surface area contributed by atoms with Crippen LogP contribution in [0.2, 0.25) is 0 Å². The zero-order chi connectivity index (χ0) is 21.9. The number of hydrazone groups is 1. The van der Waals surface area contributed by atoms with Crippen molar-refractivity contribution >= 4 is 18.1 Å². The summed E-state index contributed by atoms with van der Waals surface area (Å²) in [5, 5.41) is 3.96. The monoisotopic (exact) mass is 416 g/mol. The van der Waals surface area contributed by atoms with Crippen LogP contribution in [0, 0.1) is 0 Å². The Balaban J connectivity index is 2.04. The second kappa shape index (κ2) is 11.3. The minimum atomic E-state index is -0.470. The number of nitrogens with zero attached hydrogens (tertiary/aromatic N) is 1. The molecule has 9 nitrogen and oxygen atoms in total. The Bertz CT molecular complexity index is 890. The van der Waals surface area contributed by atoms with Crippen molar-refractivity contribution in [1.29, 1.82) is 0 Å². The summed E-state index contributed by atoms with van der Waals surface area (Å²) in [5.74, 6) is 0.882. The molecule has 0 saturated heterocycles. The maximum atomic E-state index is 12.3. The van der Waals surface area contributed by atoms with Crippen molar-refractivity contribution in [2.24, 2.45) is 5.10 Å². The van der Waals surface area contributed by atoms with Gasteiger partial charge in [0.25, 0.3) is 5.91 Å². The van der Waals surface area contributed by atoms with Gasteiger partial charge in [0.05, 0.1) is 34.2 Å². The van der Waals surface area contributed by atoms with Crippen LogP contribution in [-0.4, -0.2) is 52.6 Å². The van der Waals surface area contributed by atoms with Crippen molar-refractivity contribution in [3.05, 3.63) is 47.5 Å². The van der Waals surface area contributed by atoms with Gasteiger partial charge >= 0.3 is 5.97 Å². The molecule has 2 aromatic rings. The van der Waals surface area contributed by atoms with Crippen molar-refractivity contribution in [2.75, 3.05) is 34.5 Å². The molecule has 30 heavy (non-hydrogen) atoms. The molecular weight excluding hydrogens is 392 g/mol. The number of hydrogen-bond donors (Lipinski definition) is 1. The third-order valence-corrected chi connectivity index (χ3v) is 3.83. The summed E-state index contributed by atoms with van der Waals surface area (Å²) < 4.78 is 25.8. The minimum absolute atomic E-state index is 0.225. The van der Waals surface area contributed by atoms with E-state index in [1.165, 1.54) is 27.5 Å². The topological polar surface area (TPSA) is 105 Å². The van der Waals surface area contributed by atoms with Crippen molar-refractivity contribution in [3.63, 3.8) is 0 Å². The average Bonchev–Trinajstić information content (AvgIpc) is 2.77. The van der Waals surface area contributed by atoms with Gasteiger partial charge in [-0.25, -0.2) is 10.2 Å². The molecule has 0 aliphatic rings. The van der Waals surface area contributed by atoms with Gasteiger partial charge in [-0.05, 0) is 42.8 Å². The molecule has 0 bridgehead atoms. The van der Waals surface area contributed by atoms with E-state index in [9.17, 15) is 9.59 Å². The van der Waals surface area contributed by atoms with E-state index in [1.54, 1.807) is 43.3 Å². The van der Waals surface area contributed by atoms with E-state index >= 15 is 0 Å². The maximum absolute atomic E-state index is 12.3. The highest BCUT2D eigenvalue weighted by molar-refractivity contribution is 5.95. The van der Waals surface area contributed by atoms with Crippen molar-refractivity contribution in [1.82, 2.24) is 5.43 Å². The SMILES string of the molecule is CCOC(=O)COc1ccc(/C=N\NC(=O)c2cc(OC)cc(OC)c2)cc1OC. The second-order valence-corrected chi connectivity index (χ2v) is 5.80. The molecule has 2 rings (SSSR count). The van der Waals surface area contributed by atoms with Crippen LogP contribution in [0.4, 0.5) is 0 Å². The summed E-state index contributed by atoms with van der Waals surface area (Å²) in [7, 11) is 4.48. The number of carbonyl (C=O) groups is 2. The third kappa shape index (κ3) is 6.40. The number of benzene rings is 2. The van der Waals surface area contributed by atoms with Crippen LogP contribution in [0.15, 0.2) is 41.5 Å². The summed E-state index contributed by atoms with van der Waals surface area (Å²) in [6, 6.07) is 9.81. The van der Waals surface area contributed by atoms with Gasteiger partial charge in [0.15, 0.2) is 18.1 Å². The molecule has 0 aliphatic carbocycles. The molecule has 1 N–H and O–H groups in total. The summed E-state index contributed by atoms with van der Waals surface area (Å²) in [4.78, 5) is 23.7. The molecule has 2 aromatic carbocycles. The van der Waals surface area contributed by atoms with E-state index < -0.39 is 11.9 Å². The van der Waals surface area contributed by atoms with Crippen LogP contribution in [0.1, 0.15) is 22.8 Å². The number of nitrogens with one attached hydrogen (secondary N) is 1. The standard InChI is InChI=1S/C21H24N2O7/c1-5-29-20(24)13-30-18-7-6-14(8-19(18)28-4)12-22-23-21(25)15-9-16(26-2)11-17(10-15)27-3/h6-12H,5,13H2,1-4H3,(H,23,25)/b22-12-. The van der Waals surface area contributed by atoms with Crippen LogP contribution in [0.3, 0.4) is 0 Å². The lowest BCUT2D eigenvalue weighted by Crippen LogP contribution is -2.17. The molecule has 160 valence electrons. The Hall–Kier alpha value is -3.75. The Kier molecular flexibility index (Phi) is 8.49. The van der Waals surface area contributed by atoms with Gasteiger partial charge in [0, 0.05) is 11.6 Å². The third-order valence-electron chi connectivity index (χ3n) is 3.83. The zero-order valence-corrected chi connectivity index (χ0v) is 17.3. The smallest absolute Gasteiger partial charge is 0.344 e. The predicted octanol–water partition coefficient (Wildman–Crippen LogP) is 2.42. The van der Waals surface area contributed by atoms with Crippen LogP contribution in [0.5, 0.6) is 23.0 Å². The highest BCUT2D eigenvalue weighted by Gasteiger charge is 2.10. The molecule has 0 aromatic heterocycles. The Morgan fingerprint density at radius 3 is 2.27 bits per heavy atom. The zero-order valence-electron chi connectivity index (χ0n) is 17.3. The molecule has 9 heteroatoms. The van der Waals surface area contributed by atoms with Gasteiger partial charge in [0.1, 0.15) is 11.5 Å². The summed E-state index contributed by atoms with van der Waals surface area (Å²) in [5.41, 5.74) is 3.43. The van der Waals surface area contributed by atoms with Crippen LogP contribution < -0.4 is 24.4 Å². The summed E-state index contributed by atoms with van der Waals surface area (Å²) in [6.45, 7) is 1.77.